The van der Waals surface area contributed by atoms with Gasteiger partial charge in [-0.05, 0) is 36.8 Å². The van der Waals surface area contributed by atoms with Crippen LogP contribution >= 0.6 is 0 Å². The highest BCUT2D eigenvalue weighted by molar-refractivity contribution is 6.07. The van der Waals surface area contributed by atoms with E-state index in [1.165, 1.54) is 25.3 Å². The van der Waals surface area contributed by atoms with Crippen LogP contribution in [0, 0.1) is 18.3 Å². The van der Waals surface area contributed by atoms with Crippen molar-refractivity contribution in [2.75, 3.05) is 12.4 Å². The zero-order valence-electron chi connectivity index (χ0n) is 14.5. The van der Waals surface area contributed by atoms with Crippen LogP contribution in [-0.4, -0.2) is 39.4 Å². The second-order valence-electron chi connectivity index (χ2n) is 5.56. The Kier molecular flexibility index (Phi) is 4.90. The lowest BCUT2D eigenvalue weighted by molar-refractivity contribution is 0.0602. The van der Waals surface area contributed by atoms with Gasteiger partial charge in [-0.2, -0.15) is 10.4 Å². The van der Waals surface area contributed by atoms with Crippen LogP contribution in [0.3, 0.4) is 0 Å². The van der Waals surface area contributed by atoms with Crippen molar-refractivity contribution in [3.05, 3.63) is 59.0 Å². The van der Waals surface area contributed by atoms with Gasteiger partial charge in [0.05, 0.1) is 41.9 Å². The number of ether oxygens (including phenoxy) is 1. The summed E-state index contributed by atoms with van der Waals surface area (Å²) in [6.45, 7) is 1.70. The Labute approximate surface area is 154 Å². The number of carbonyl (C=O) groups excluding carboxylic acids is 2. The lowest BCUT2D eigenvalue weighted by Crippen LogP contribution is -2.17. The van der Waals surface area contributed by atoms with E-state index in [2.05, 4.69) is 25.7 Å². The van der Waals surface area contributed by atoms with E-state index < -0.39 is 11.9 Å². The van der Waals surface area contributed by atoms with Gasteiger partial charge in [-0.25, -0.2) is 4.79 Å². The van der Waals surface area contributed by atoms with Gasteiger partial charge >= 0.3 is 5.97 Å². The van der Waals surface area contributed by atoms with E-state index in [0.29, 0.717) is 16.8 Å². The number of methoxy groups -OCH3 is 1. The molecule has 0 aliphatic carbocycles. The fourth-order valence-corrected chi connectivity index (χ4v) is 2.40. The van der Waals surface area contributed by atoms with Crippen LogP contribution in [0.4, 0.5) is 5.69 Å². The summed E-state index contributed by atoms with van der Waals surface area (Å²) in [6.07, 6.45) is 3.25. The molecule has 0 bridgehead atoms. The molecule has 0 radical (unpaired) electrons. The summed E-state index contributed by atoms with van der Waals surface area (Å²) in [5, 5.41) is 26.2. The van der Waals surface area contributed by atoms with Gasteiger partial charge in [0.15, 0.2) is 5.69 Å². The van der Waals surface area contributed by atoms with Crippen LogP contribution < -0.4 is 5.32 Å². The molecule has 0 saturated heterocycles. The van der Waals surface area contributed by atoms with Crippen molar-refractivity contribution in [2.45, 2.75) is 6.92 Å². The van der Waals surface area contributed by atoms with Crippen LogP contribution in [0.15, 0.2) is 36.7 Å². The van der Waals surface area contributed by atoms with E-state index in [4.69, 9.17) is 10.00 Å². The molecular weight excluding hydrogens is 348 g/mol. The molecule has 27 heavy (non-hydrogen) atoms. The molecule has 3 rings (SSSR count). The number of nitriles is 1. The van der Waals surface area contributed by atoms with Gasteiger partial charge in [0.2, 0.25) is 0 Å². The Morgan fingerprint density at radius 2 is 2.07 bits per heavy atom. The molecule has 0 fully saturated rings. The number of hydrogen-bond donors (Lipinski definition) is 2. The molecule has 2 aromatic heterocycles. The number of esters is 1. The highest BCUT2D eigenvalue weighted by atomic mass is 16.5. The van der Waals surface area contributed by atoms with Crippen molar-refractivity contribution < 1.29 is 14.3 Å². The molecule has 9 heteroatoms. The van der Waals surface area contributed by atoms with E-state index in [0.717, 1.165) is 5.56 Å². The summed E-state index contributed by atoms with van der Waals surface area (Å²) >= 11 is 0. The van der Waals surface area contributed by atoms with Crippen LogP contribution in [0.1, 0.15) is 32.0 Å². The third kappa shape index (κ3) is 3.64. The number of nitrogens with zero attached hydrogens (tertiary/aromatic N) is 4. The van der Waals surface area contributed by atoms with Crippen LogP contribution in [-0.2, 0) is 4.74 Å². The van der Waals surface area contributed by atoms with E-state index in [-0.39, 0.29) is 16.9 Å². The molecule has 0 atom stereocenters. The molecule has 1 aromatic carbocycles. The number of aromatic amines is 1. The Hall–Kier alpha value is -4.06. The first-order valence-corrected chi connectivity index (χ1v) is 7.80. The lowest BCUT2D eigenvalue weighted by atomic mass is 10.0. The monoisotopic (exact) mass is 362 g/mol. The minimum atomic E-state index is -0.664. The van der Waals surface area contributed by atoms with Gasteiger partial charge in [-0.15, -0.1) is 10.2 Å². The molecule has 1 amide bonds. The predicted octanol–water partition coefficient (Wildman–Crippen LogP) is 2.09. The maximum absolute atomic E-state index is 12.5. The molecule has 3 aromatic rings. The number of anilines is 1. The zero-order chi connectivity index (χ0) is 19.4. The first-order valence-electron chi connectivity index (χ1n) is 7.80. The van der Waals surface area contributed by atoms with Gasteiger partial charge in [0, 0.05) is 11.8 Å². The van der Waals surface area contributed by atoms with Crippen LogP contribution in [0.2, 0.25) is 0 Å². The smallest absolute Gasteiger partial charge is 0.340 e. The van der Waals surface area contributed by atoms with Crippen molar-refractivity contribution in [1.29, 1.82) is 5.26 Å². The summed E-state index contributed by atoms with van der Waals surface area (Å²) in [4.78, 5) is 24.5. The van der Waals surface area contributed by atoms with Crippen molar-refractivity contribution in [3.8, 4) is 17.3 Å². The first kappa shape index (κ1) is 17.8. The zero-order valence-corrected chi connectivity index (χ0v) is 14.5. The number of carbonyl (C=O) groups is 2. The quantitative estimate of drug-likeness (QED) is 0.679. The minimum absolute atomic E-state index is 0.0695. The number of aryl methyl sites for hydroxylation is 1. The Morgan fingerprint density at radius 1 is 1.26 bits per heavy atom. The number of amides is 1. The normalized spacial score (nSPS) is 10.1. The summed E-state index contributed by atoms with van der Waals surface area (Å²) in [7, 11) is 1.22. The second kappa shape index (κ2) is 7.45. The fourth-order valence-electron chi connectivity index (χ4n) is 2.40. The molecule has 0 aliphatic rings. The average molecular weight is 362 g/mol. The molecule has 2 N–H and O–H groups in total. The summed E-state index contributed by atoms with van der Waals surface area (Å²) in [5.41, 5.74) is 2.61. The predicted molar refractivity (Wildman–Crippen MR) is 94.8 cm³/mol. The highest BCUT2D eigenvalue weighted by Crippen LogP contribution is 2.23. The largest absolute Gasteiger partial charge is 0.465 e. The maximum atomic E-state index is 12.5. The Morgan fingerprint density at radius 3 is 2.67 bits per heavy atom. The Bertz CT molecular complexity index is 1040. The minimum Gasteiger partial charge on any atom is -0.465 e. The molecule has 0 saturated carbocycles. The number of rotatable bonds is 4. The number of benzene rings is 1. The summed E-state index contributed by atoms with van der Waals surface area (Å²) in [5.74, 6) is -1.21. The molecular formula is C18H14N6O3. The van der Waals surface area contributed by atoms with Crippen molar-refractivity contribution in [1.82, 2.24) is 20.4 Å². The SMILES string of the molecule is COC(=O)c1cc(C#N)c(C)cc1NC(=O)c1ccc(-c2cn[nH]c2)nn1. The number of hydrogen-bond acceptors (Lipinski definition) is 7. The topological polar surface area (TPSA) is 134 Å². The number of nitrogens with one attached hydrogen (secondary N) is 2. The van der Waals surface area contributed by atoms with E-state index in [1.54, 1.807) is 25.4 Å². The molecule has 2 heterocycles. The maximum Gasteiger partial charge on any atom is 0.340 e. The third-order valence-electron chi connectivity index (χ3n) is 3.83. The second-order valence-corrected chi connectivity index (χ2v) is 5.56. The van der Waals surface area contributed by atoms with Crippen LogP contribution in [0.25, 0.3) is 11.3 Å². The number of aromatic nitrogens is 4. The van der Waals surface area contributed by atoms with Gasteiger partial charge < -0.3 is 10.1 Å². The molecule has 134 valence electrons. The molecule has 0 unspecified atom stereocenters. The van der Waals surface area contributed by atoms with Crippen LogP contribution in [0.5, 0.6) is 0 Å². The number of H-pyrrole nitrogens is 1. The highest BCUT2D eigenvalue weighted by Gasteiger charge is 2.18. The van der Waals surface area contributed by atoms with E-state index in [1.807, 2.05) is 6.07 Å². The van der Waals surface area contributed by atoms with Gasteiger partial charge in [0.1, 0.15) is 0 Å². The fraction of sp³-hybridized carbons (Fsp3) is 0.111. The molecule has 0 aliphatic heterocycles. The lowest BCUT2D eigenvalue weighted by Gasteiger charge is -2.11. The summed E-state index contributed by atoms with van der Waals surface area (Å²) in [6, 6.07) is 8.06. The van der Waals surface area contributed by atoms with Gasteiger partial charge in [-0.3, -0.25) is 9.89 Å². The first-order chi connectivity index (χ1) is 13.0. The molecule has 0 spiro atoms. The average Bonchev–Trinajstić information content (AvgIpc) is 3.22. The van der Waals surface area contributed by atoms with Crippen molar-refractivity contribution >= 4 is 17.6 Å². The van der Waals surface area contributed by atoms with Crippen molar-refractivity contribution in [3.63, 3.8) is 0 Å². The van der Waals surface area contributed by atoms with E-state index in [9.17, 15) is 9.59 Å². The van der Waals surface area contributed by atoms with Crippen molar-refractivity contribution in [2.24, 2.45) is 0 Å². The third-order valence-corrected chi connectivity index (χ3v) is 3.83. The van der Waals surface area contributed by atoms with Gasteiger partial charge in [0.25, 0.3) is 5.91 Å². The van der Waals surface area contributed by atoms with Gasteiger partial charge in [-0.1, -0.05) is 0 Å². The summed E-state index contributed by atoms with van der Waals surface area (Å²) < 4.78 is 4.72. The Balaban J connectivity index is 1.88. The standard InChI is InChI=1S/C18H14N6O3/c1-10-5-16(13(18(26)27-2)6-11(10)7-19)22-17(25)15-4-3-14(23-24-15)12-8-20-21-9-12/h3-6,8-9H,1-2H3,(H,20,21)(H,22,25). The van der Waals surface area contributed by atoms with E-state index >= 15 is 0 Å². The molecule has 9 nitrogen and oxygen atoms in total.